The van der Waals surface area contributed by atoms with Crippen molar-refractivity contribution in [3.8, 4) is 11.1 Å². The lowest BCUT2D eigenvalue weighted by molar-refractivity contribution is 0.593. The van der Waals surface area contributed by atoms with Gasteiger partial charge in [0.25, 0.3) is 0 Å². The van der Waals surface area contributed by atoms with Crippen LogP contribution < -0.4 is 20.8 Å². The van der Waals surface area contributed by atoms with Crippen molar-refractivity contribution in [1.29, 1.82) is 0 Å². The Labute approximate surface area is 211 Å². The van der Waals surface area contributed by atoms with Gasteiger partial charge in [0.05, 0.1) is 11.4 Å². The van der Waals surface area contributed by atoms with Crippen molar-refractivity contribution in [2.24, 2.45) is 0 Å². The van der Waals surface area contributed by atoms with Gasteiger partial charge in [0.1, 0.15) is 0 Å². The fourth-order valence-corrected chi connectivity index (χ4v) is 9.05. The van der Waals surface area contributed by atoms with Gasteiger partial charge in [-0.15, -0.1) is 0 Å². The van der Waals surface area contributed by atoms with E-state index in [9.17, 15) is 4.57 Å². The van der Waals surface area contributed by atoms with E-state index in [4.69, 9.17) is 0 Å². The SMILES string of the molecule is CC1(C)c2ccccc2N(c2ccc3c(c2)-c2ccccc2P3(=O)c2ccncc2)c2ccccc21. The van der Waals surface area contributed by atoms with Crippen molar-refractivity contribution in [1.82, 2.24) is 4.98 Å². The van der Waals surface area contributed by atoms with Crippen molar-refractivity contribution in [2.75, 3.05) is 4.90 Å². The monoisotopic (exact) mass is 484 g/mol. The van der Waals surface area contributed by atoms with E-state index < -0.39 is 7.14 Å². The van der Waals surface area contributed by atoms with Gasteiger partial charge in [-0.3, -0.25) is 4.98 Å². The second kappa shape index (κ2) is 7.53. The van der Waals surface area contributed by atoms with Gasteiger partial charge in [0.2, 0.25) is 0 Å². The molecule has 1 unspecified atom stereocenters. The van der Waals surface area contributed by atoms with Crippen LogP contribution in [-0.4, -0.2) is 4.98 Å². The highest BCUT2D eigenvalue weighted by molar-refractivity contribution is 7.86. The quantitative estimate of drug-likeness (QED) is 0.253. The lowest BCUT2D eigenvalue weighted by atomic mass is 9.73. The molecule has 5 aromatic rings. The van der Waals surface area contributed by atoms with Gasteiger partial charge in [-0.1, -0.05) is 74.5 Å². The van der Waals surface area contributed by atoms with Crippen molar-refractivity contribution in [3.63, 3.8) is 0 Å². The zero-order chi connectivity index (χ0) is 24.5. The molecule has 3 heterocycles. The Balaban J connectivity index is 1.49. The van der Waals surface area contributed by atoms with Gasteiger partial charge in [0.15, 0.2) is 7.14 Å². The molecule has 0 radical (unpaired) electrons. The van der Waals surface area contributed by atoms with Crippen LogP contribution in [0.25, 0.3) is 11.1 Å². The normalized spacial score (nSPS) is 18.7. The molecule has 4 heteroatoms. The predicted octanol–water partition coefficient (Wildman–Crippen LogP) is 6.81. The first-order valence-electron chi connectivity index (χ1n) is 12.3. The summed E-state index contributed by atoms with van der Waals surface area (Å²) in [6.07, 6.45) is 3.46. The van der Waals surface area contributed by atoms with E-state index in [0.717, 1.165) is 32.7 Å². The zero-order valence-electron chi connectivity index (χ0n) is 20.2. The second-order valence-corrected chi connectivity index (χ2v) is 12.7. The van der Waals surface area contributed by atoms with Crippen molar-refractivity contribution in [3.05, 3.63) is 127 Å². The molecular formula is C32H25N2OP. The van der Waals surface area contributed by atoms with Gasteiger partial charge in [-0.25, -0.2) is 0 Å². The van der Waals surface area contributed by atoms with Crippen molar-refractivity contribution in [2.45, 2.75) is 19.3 Å². The molecule has 174 valence electrons. The van der Waals surface area contributed by atoms with Gasteiger partial charge >= 0.3 is 0 Å². The fourth-order valence-electron chi connectivity index (χ4n) is 6.04. The molecule has 2 aliphatic heterocycles. The Kier molecular flexibility index (Phi) is 4.46. The molecule has 0 aliphatic carbocycles. The topological polar surface area (TPSA) is 33.2 Å². The zero-order valence-corrected chi connectivity index (χ0v) is 21.1. The minimum atomic E-state index is -2.97. The molecule has 2 aliphatic rings. The molecule has 7 rings (SSSR count). The van der Waals surface area contributed by atoms with Crippen molar-refractivity contribution >= 4 is 40.1 Å². The summed E-state index contributed by atoms with van der Waals surface area (Å²) in [6, 6.07) is 35.7. The van der Waals surface area contributed by atoms with Gasteiger partial charge < -0.3 is 9.46 Å². The molecule has 4 aromatic carbocycles. The smallest absolute Gasteiger partial charge is 0.172 e. The summed E-state index contributed by atoms with van der Waals surface area (Å²) in [7, 11) is -2.97. The number of anilines is 3. The third-order valence-electron chi connectivity index (χ3n) is 7.77. The molecule has 1 atom stereocenters. The minimum absolute atomic E-state index is 0.107. The van der Waals surface area contributed by atoms with Crippen LogP contribution in [0.5, 0.6) is 0 Å². The summed E-state index contributed by atoms with van der Waals surface area (Å²) in [6.45, 7) is 4.60. The first-order valence-corrected chi connectivity index (χ1v) is 14.0. The van der Waals surface area contributed by atoms with Crippen LogP contribution in [0.2, 0.25) is 0 Å². The first kappa shape index (κ1) is 21.4. The van der Waals surface area contributed by atoms with E-state index in [-0.39, 0.29) is 5.41 Å². The molecule has 0 N–H and O–H groups in total. The Bertz CT molecular complexity index is 1660. The second-order valence-electron chi connectivity index (χ2n) is 10.0. The van der Waals surface area contributed by atoms with E-state index in [1.165, 1.54) is 22.5 Å². The molecule has 36 heavy (non-hydrogen) atoms. The highest BCUT2D eigenvalue weighted by atomic mass is 31.2. The van der Waals surface area contributed by atoms with Crippen LogP contribution in [0, 0.1) is 0 Å². The molecule has 0 saturated heterocycles. The van der Waals surface area contributed by atoms with Crippen LogP contribution in [0.4, 0.5) is 17.1 Å². The third-order valence-corrected chi connectivity index (χ3v) is 10.9. The highest BCUT2D eigenvalue weighted by Crippen LogP contribution is 2.55. The molecular weight excluding hydrogens is 459 g/mol. The van der Waals surface area contributed by atoms with Gasteiger partial charge in [-0.05, 0) is 64.7 Å². The number of aromatic nitrogens is 1. The number of hydrogen-bond acceptors (Lipinski definition) is 3. The summed E-state index contributed by atoms with van der Waals surface area (Å²) in [5.41, 5.74) is 8.02. The summed E-state index contributed by atoms with van der Waals surface area (Å²) in [5, 5.41) is 2.63. The fraction of sp³-hybridized carbons (Fsp3) is 0.0938. The number of rotatable bonds is 2. The molecule has 0 amide bonds. The highest BCUT2D eigenvalue weighted by Gasteiger charge is 2.41. The standard InChI is InChI=1S/C32H25N2OP/c1-32(2)26-10-4-6-12-28(26)34(29-13-7-5-11-27(29)32)22-15-16-31-25(21-22)24-9-3-8-14-30(24)36(31,35)23-17-19-33-20-18-23/h3-21H,1-2H3. The molecule has 3 nitrogen and oxygen atoms in total. The van der Waals surface area contributed by atoms with Crippen LogP contribution in [0.3, 0.4) is 0 Å². The van der Waals surface area contributed by atoms with Gasteiger partial charge in [0, 0.05) is 39.4 Å². The summed E-state index contributed by atoms with van der Waals surface area (Å²) >= 11 is 0. The van der Waals surface area contributed by atoms with E-state index >= 15 is 0 Å². The molecule has 0 fully saturated rings. The average Bonchev–Trinajstić information content (AvgIpc) is 3.18. The number of benzene rings is 4. The lowest BCUT2D eigenvalue weighted by Gasteiger charge is -2.42. The average molecular weight is 485 g/mol. The summed E-state index contributed by atoms with van der Waals surface area (Å²) in [4.78, 5) is 6.52. The maximum Gasteiger partial charge on any atom is 0.172 e. The molecule has 0 saturated carbocycles. The van der Waals surface area contributed by atoms with Crippen molar-refractivity contribution < 1.29 is 4.57 Å². The lowest BCUT2D eigenvalue weighted by Crippen LogP contribution is -2.30. The molecule has 0 spiro atoms. The van der Waals surface area contributed by atoms with Crippen LogP contribution in [0.1, 0.15) is 25.0 Å². The Morgan fingerprint density at radius 3 is 1.94 bits per heavy atom. The summed E-state index contributed by atoms with van der Waals surface area (Å²) in [5.74, 6) is 0. The van der Waals surface area contributed by atoms with Crippen LogP contribution in [-0.2, 0) is 9.98 Å². The Hall–Kier alpha value is -3.94. The van der Waals surface area contributed by atoms with E-state index in [1.54, 1.807) is 12.4 Å². The Morgan fingerprint density at radius 2 is 1.25 bits per heavy atom. The maximum absolute atomic E-state index is 14.8. The largest absolute Gasteiger partial charge is 0.310 e. The number of para-hydroxylation sites is 2. The molecule has 1 aromatic heterocycles. The number of pyridine rings is 1. The third kappa shape index (κ3) is 2.75. The maximum atomic E-state index is 14.8. The number of fused-ring (bicyclic) bond motifs is 5. The number of nitrogens with zero attached hydrogens (tertiary/aromatic N) is 2. The Morgan fingerprint density at radius 1 is 0.667 bits per heavy atom. The van der Waals surface area contributed by atoms with Gasteiger partial charge in [-0.2, -0.15) is 0 Å². The first-order chi connectivity index (χ1) is 17.5. The van der Waals surface area contributed by atoms with Crippen LogP contribution in [0.15, 0.2) is 116 Å². The van der Waals surface area contributed by atoms with E-state index in [0.29, 0.717) is 0 Å². The summed E-state index contributed by atoms with van der Waals surface area (Å²) < 4.78 is 14.8. The molecule has 0 bridgehead atoms. The van der Waals surface area contributed by atoms with Crippen LogP contribution >= 0.6 is 7.14 Å². The number of hydrogen-bond donors (Lipinski definition) is 0. The van der Waals surface area contributed by atoms with E-state index in [2.05, 4.69) is 96.5 Å². The minimum Gasteiger partial charge on any atom is -0.310 e. The predicted molar refractivity (Wildman–Crippen MR) is 149 cm³/mol. The van der Waals surface area contributed by atoms with E-state index in [1.807, 2.05) is 30.3 Å².